The van der Waals surface area contributed by atoms with E-state index in [2.05, 4.69) is 0 Å². The van der Waals surface area contributed by atoms with Gasteiger partial charge in [-0.05, 0) is 31.0 Å². The molecule has 0 radical (unpaired) electrons. The van der Waals surface area contributed by atoms with Crippen molar-refractivity contribution in [3.05, 3.63) is 59.9 Å². The van der Waals surface area contributed by atoms with Gasteiger partial charge in [-0.3, -0.25) is 4.79 Å². The predicted octanol–water partition coefficient (Wildman–Crippen LogP) is 3.52. The Hall–Kier alpha value is -2.20. The molecule has 1 N–H and O–H groups in total. The van der Waals surface area contributed by atoms with Gasteiger partial charge in [0.1, 0.15) is 11.9 Å². The maximum absolute atomic E-state index is 14.3. The molecule has 1 unspecified atom stereocenters. The van der Waals surface area contributed by atoms with Crippen molar-refractivity contribution in [1.82, 2.24) is 0 Å². The lowest BCUT2D eigenvalue weighted by molar-refractivity contribution is -0.151. The topological polar surface area (TPSA) is 46.5 Å². The zero-order valence-corrected chi connectivity index (χ0v) is 12.6. The molecule has 22 heavy (non-hydrogen) atoms. The van der Waals surface area contributed by atoms with Crippen molar-refractivity contribution in [3.8, 4) is 11.1 Å². The van der Waals surface area contributed by atoms with Gasteiger partial charge < -0.3 is 9.84 Å². The van der Waals surface area contributed by atoms with E-state index >= 15 is 0 Å². The zero-order valence-electron chi connectivity index (χ0n) is 12.6. The summed E-state index contributed by atoms with van der Waals surface area (Å²) in [5, 5.41) is 8.91. The van der Waals surface area contributed by atoms with Crippen LogP contribution in [-0.4, -0.2) is 23.8 Å². The van der Waals surface area contributed by atoms with E-state index < -0.39 is 18.0 Å². The van der Waals surface area contributed by atoms with E-state index in [1.54, 1.807) is 26.0 Å². The Labute approximate surface area is 129 Å². The Balaban J connectivity index is 2.20. The Morgan fingerprint density at radius 2 is 1.86 bits per heavy atom. The molecule has 0 bridgehead atoms. The number of halogens is 1. The third kappa shape index (κ3) is 3.71. The van der Waals surface area contributed by atoms with Crippen molar-refractivity contribution >= 4 is 5.97 Å². The summed E-state index contributed by atoms with van der Waals surface area (Å²) in [7, 11) is 0. The molecule has 2 atom stereocenters. The molecule has 0 fully saturated rings. The second-order valence-electron chi connectivity index (χ2n) is 5.26. The first-order chi connectivity index (χ1) is 10.5. The molecule has 3 nitrogen and oxygen atoms in total. The molecule has 0 amide bonds. The van der Waals surface area contributed by atoms with Crippen molar-refractivity contribution in [2.24, 2.45) is 0 Å². The second kappa shape index (κ2) is 7.18. The molecule has 116 valence electrons. The van der Waals surface area contributed by atoms with Crippen molar-refractivity contribution in [2.75, 3.05) is 6.61 Å². The fourth-order valence-electron chi connectivity index (χ4n) is 2.13. The van der Waals surface area contributed by atoms with Crippen LogP contribution < -0.4 is 0 Å². The summed E-state index contributed by atoms with van der Waals surface area (Å²) >= 11 is 0. The number of aliphatic hydroxyl groups excluding tert-OH is 1. The molecule has 0 aliphatic carbocycles. The first-order valence-corrected chi connectivity index (χ1v) is 7.19. The summed E-state index contributed by atoms with van der Waals surface area (Å²) in [6.07, 6.45) is -0.566. The lowest BCUT2D eigenvalue weighted by atomic mass is 9.97. The van der Waals surface area contributed by atoms with E-state index in [4.69, 9.17) is 9.84 Å². The van der Waals surface area contributed by atoms with Gasteiger partial charge in [0.15, 0.2) is 0 Å². The lowest BCUT2D eigenvalue weighted by Crippen LogP contribution is -2.22. The van der Waals surface area contributed by atoms with Crippen LogP contribution in [0.25, 0.3) is 11.1 Å². The maximum atomic E-state index is 14.3. The number of carbonyl (C=O) groups excluding carboxylic acids is 1. The highest BCUT2D eigenvalue weighted by Crippen LogP contribution is 2.26. The molecule has 2 aromatic carbocycles. The number of benzene rings is 2. The Bertz CT molecular complexity index is 640. The smallest absolute Gasteiger partial charge is 0.313 e. The van der Waals surface area contributed by atoms with E-state index in [1.165, 1.54) is 6.07 Å². The second-order valence-corrected chi connectivity index (χ2v) is 5.26. The lowest BCUT2D eigenvalue weighted by Gasteiger charge is -2.16. The molecule has 0 spiro atoms. The molecule has 2 rings (SSSR count). The summed E-state index contributed by atoms with van der Waals surface area (Å²) in [5.74, 6) is -1.44. The van der Waals surface area contributed by atoms with Crippen LogP contribution in [0, 0.1) is 5.82 Å². The van der Waals surface area contributed by atoms with Gasteiger partial charge in [0.2, 0.25) is 0 Å². The van der Waals surface area contributed by atoms with Crippen LogP contribution in [0.15, 0.2) is 48.5 Å². The van der Waals surface area contributed by atoms with E-state index in [0.717, 1.165) is 5.56 Å². The van der Waals surface area contributed by atoms with Crippen molar-refractivity contribution in [1.29, 1.82) is 0 Å². The minimum atomic E-state index is -0.590. The molecular formula is C18H19FO3. The number of carbonyl (C=O) groups is 1. The average Bonchev–Trinajstić information content (AvgIpc) is 2.54. The number of rotatable bonds is 5. The number of hydrogen-bond acceptors (Lipinski definition) is 3. The van der Waals surface area contributed by atoms with Gasteiger partial charge >= 0.3 is 5.97 Å². The van der Waals surface area contributed by atoms with Gasteiger partial charge in [-0.1, -0.05) is 42.5 Å². The van der Waals surface area contributed by atoms with E-state index in [-0.39, 0.29) is 12.4 Å². The van der Waals surface area contributed by atoms with Gasteiger partial charge in [0.05, 0.1) is 12.5 Å². The highest BCUT2D eigenvalue weighted by molar-refractivity contribution is 5.78. The van der Waals surface area contributed by atoms with Crippen molar-refractivity contribution < 1.29 is 19.0 Å². The number of esters is 1. The fraction of sp³-hybridized carbons (Fsp3) is 0.278. The highest BCUT2D eigenvalue weighted by atomic mass is 19.1. The summed E-state index contributed by atoms with van der Waals surface area (Å²) in [4.78, 5) is 11.9. The normalized spacial score (nSPS) is 13.5. The van der Waals surface area contributed by atoms with Crippen LogP contribution in [0.1, 0.15) is 25.3 Å². The molecule has 0 aromatic heterocycles. The van der Waals surface area contributed by atoms with Gasteiger partial charge in [-0.2, -0.15) is 0 Å². The van der Waals surface area contributed by atoms with Gasteiger partial charge in [0, 0.05) is 5.56 Å². The maximum Gasteiger partial charge on any atom is 0.313 e. The van der Waals surface area contributed by atoms with Crippen LogP contribution in [0.4, 0.5) is 4.39 Å². The Morgan fingerprint density at radius 3 is 2.45 bits per heavy atom. The first kappa shape index (κ1) is 16.2. The number of hydrogen-bond donors (Lipinski definition) is 1. The summed E-state index contributed by atoms with van der Waals surface area (Å²) < 4.78 is 19.4. The molecule has 2 aromatic rings. The molecule has 0 saturated carbocycles. The monoisotopic (exact) mass is 302 g/mol. The summed E-state index contributed by atoms with van der Waals surface area (Å²) in [6, 6.07) is 14.0. The fourth-order valence-corrected chi connectivity index (χ4v) is 2.13. The molecule has 0 saturated heterocycles. The van der Waals surface area contributed by atoms with Crippen LogP contribution >= 0.6 is 0 Å². The molecule has 0 aliphatic rings. The largest absolute Gasteiger partial charge is 0.460 e. The number of aliphatic hydroxyl groups is 1. The first-order valence-electron chi connectivity index (χ1n) is 7.19. The van der Waals surface area contributed by atoms with E-state index in [1.807, 2.05) is 30.3 Å². The summed E-state index contributed by atoms with van der Waals surface area (Å²) in [6.45, 7) is 3.02. The standard InChI is InChI=1S/C18H19FO3/c1-12(11-20)22-18(21)13(2)15-8-9-16(17(19)10-15)14-6-4-3-5-7-14/h3-10,12-13,20H,11H2,1-2H3/t12?,13-/m0/s1. The minimum Gasteiger partial charge on any atom is -0.460 e. The molecule has 4 heteroatoms. The van der Waals surface area contributed by atoms with Crippen molar-refractivity contribution in [3.63, 3.8) is 0 Å². The minimum absolute atomic E-state index is 0.236. The SMILES string of the molecule is CC(CO)OC(=O)[C@@H](C)c1ccc(-c2ccccc2)c(F)c1. The molecule has 0 heterocycles. The zero-order chi connectivity index (χ0) is 16.1. The van der Waals surface area contributed by atoms with Crippen LogP contribution in [0.2, 0.25) is 0 Å². The van der Waals surface area contributed by atoms with Crippen LogP contribution in [0.5, 0.6) is 0 Å². The molecular weight excluding hydrogens is 283 g/mol. The average molecular weight is 302 g/mol. The van der Waals surface area contributed by atoms with Gasteiger partial charge in [-0.25, -0.2) is 4.39 Å². The van der Waals surface area contributed by atoms with Gasteiger partial charge in [0.25, 0.3) is 0 Å². The van der Waals surface area contributed by atoms with E-state index in [9.17, 15) is 9.18 Å². The molecule has 0 aliphatic heterocycles. The number of ether oxygens (including phenoxy) is 1. The van der Waals surface area contributed by atoms with Crippen LogP contribution in [0.3, 0.4) is 0 Å². The van der Waals surface area contributed by atoms with Crippen molar-refractivity contribution in [2.45, 2.75) is 25.9 Å². The Morgan fingerprint density at radius 1 is 1.18 bits per heavy atom. The van der Waals surface area contributed by atoms with E-state index in [0.29, 0.717) is 11.1 Å². The summed E-state index contributed by atoms with van der Waals surface area (Å²) in [5.41, 5.74) is 1.83. The highest BCUT2D eigenvalue weighted by Gasteiger charge is 2.20. The quantitative estimate of drug-likeness (QED) is 0.860. The third-order valence-electron chi connectivity index (χ3n) is 3.51. The Kier molecular flexibility index (Phi) is 5.28. The third-order valence-corrected chi connectivity index (χ3v) is 3.51. The van der Waals surface area contributed by atoms with Crippen LogP contribution in [-0.2, 0) is 9.53 Å². The van der Waals surface area contributed by atoms with Gasteiger partial charge in [-0.15, -0.1) is 0 Å². The predicted molar refractivity (Wildman–Crippen MR) is 82.9 cm³/mol.